The first kappa shape index (κ1) is 17.5. The number of thiophene rings is 1. The van der Waals surface area contributed by atoms with Crippen molar-refractivity contribution >= 4 is 51.8 Å². The molecule has 0 saturated heterocycles. The van der Waals surface area contributed by atoms with Crippen molar-refractivity contribution in [2.75, 3.05) is 5.32 Å². The molecule has 1 heterocycles. The van der Waals surface area contributed by atoms with Crippen LogP contribution in [0.5, 0.6) is 0 Å². The van der Waals surface area contributed by atoms with Crippen LogP contribution in [0, 0.1) is 10.1 Å². The fourth-order valence-electron chi connectivity index (χ4n) is 1.64. The average molecular weight is 385 g/mol. The van der Waals surface area contributed by atoms with Crippen molar-refractivity contribution in [3.05, 3.63) is 54.2 Å². The molecular formula is C12H5Cl2F3N2O3S. The number of halogens is 5. The molecule has 2 aromatic rings. The van der Waals surface area contributed by atoms with Gasteiger partial charge in [0, 0.05) is 11.1 Å². The lowest BCUT2D eigenvalue weighted by molar-refractivity contribution is -0.384. The van der Waals surface area contributed by atoms with Gasteiger partial charge in [0.2, 0.25) is 0 Å². The zero-order valence-electron chi connectivity index (χ0n) is 10.8. The van der Waals surface area contributed by atoms with Crippen LogP contribution in [0.25, 0.3) is 0 Å². The number of nitrogens with one attached hydrogen (secondary N) is 1. The Hall–Kier alpha value is -1.84. The van der Waals surface area contributed by atoms with Crippen molar-refractivity contribution in [2.24, 2.45) is 0 Å². The smallest absolute Gasteiger partial charge is 0.321 e. The predicted octanol–water partition coefficient (Wildman–Crippen LogP) is 5.23. The molecule has 0 bridgehead atoms. The third-order valence-corrected chi connectivity index (χ3v) is 4.20. The molecule has 0 atom stereocenters. The molecule has 1 N–H and O–H groups in total. The Bertz CT molecular complexity index is 792. The molecule has 5 nitrogen and oxygen atoms in total. The van der Waals surface area contributed by atoms with Gasteiger partial charge >= 0.3 is 6.18 Å². The Kier molecular flexibility index (Phi) is 4.83. The van der Waals surface area contributed by atoms with Crippen LogP contribution in [-0.2, 0) is 6.18 Å². The summed E-state index contributed by atoms with van der Waals surface area (Å²) in [6.45, 7) is 0. The lowest BCUT2D eigenvalue weighted by Crippen LogP contribution is -2.15. The van der Waals surface area contributed by atoms with Gasteiger partial charge in [-0.15, -0.1) is 11.3 Å². The second-order valence-corrected chi connectivity index (χ2v) is 6.26. The first-order valence-corrected chi connectivity index (χ1v) is 7.28. The van der Waals surface area contributed by atoms with Gasteiger partial charge in [0.05, 0.1) is 16.2 Å². The second-order valence-electron chi connectivity index (χ2n) is 4.17. The lowest BCUT2D eigenvalue weighted by atomic mass is 10.1. The van der Waals surface area contributed by atoms with E-state index in [1.54, 1.807) is 0 Å². The Morgan fingerprint density at radius 1 is 1.26 bits per heavy atom. The first-order chi connectivity index (χ1) is 10.6. The van der Waals surface area contributed by atoms with Crippen LogP contribution in [0.2, 0.25) is 9.36 Å². The van der Waals surface area contributed by atoms with Crippen LogP contribution in [0.3, 0.4) is 0 Å². The molecule has 1 aromatic heterocycles. The number of amides is 1. The van der Waals surface area contributed by atoms with Crippen molar-refractivity contribution < 1.29 is 22.9 Å². The number of hydrogen-bond acceptors (Lipinski definition) is 4. The summed E-state index contributed by atoms with van der Waals surface area (Å²) >= 11 is 11.7. The molecule has 1 aromatic carbocycles. The maximum Gasteiger partial charge on any atom is 0.418 e. The van der Waals surface area contributed by atoms with E-state index < -0.39 is 33.9 Å². The zero-order valence-corrected chi connectivity index (χ0v) is 13.1. The molecule has 0 saturated carbocycles. The number of anilines is 1. The maximum atomic E-state index is 12.9. The number of carbonyl (C=O) groups is 1. The molecule has 2 rings (SSSR count). The summed E-state index contributed by atoms with van der Waals surface area (Å²) < 4.78 is 38.6. The summed E-state index contributed by atoms with van der Waals surface area (Å²) in [7, 11) is 0. The molecule has 0 aliphatic heterocycles. The number of nitro groups is 1. The van der Waals surface area contributed by atoms with E-state index in [0.29, 0.717) is 17.4 Å². The Balaban J connectivity index is 2.34. The van der Waals surface area contributed by atoms with Gasteiger partial charge in [0.15, 0.2) is 4.34 Å². The second kappa shape index (κ2) is 6.34. The van der Waals surface area contributed by atoms with Gasteiger partial charge in [0.25, 0.3) is 11.6 Å². The number of hydrogen-bond donors (Lipinski definition) is 1. The maximum absolute atomic E-state index is 12.9. The van der Waals surface area contributed by atoms with E-state index in [0.717, 1.165) is 12.1 Å². The third kappa shape index (κ3) is 3.92. The van der Waals surface area contributed by atoms with Gasteiger partial charge < -0.3 is 5.32 Å². The minimum Gasteiger partial charge on any atom is -0.321 e. The number of nitrogens with zero attached hydrogens (tertiary/aromatic N) is 1. The average Bonchev–Trinajstić information content (AvgIpc) is 2.82. The van der Waals surface area contributed by atoms with E-state index in [-0.39, 0.29) is 14.2 Å². The summed E-state index contributed by atoms with van der Waals surface area (Å²) in [6, 6.07) is 3.73. The van der Waals surface area contributed by atoms with Gasteiger partial charge in [0.1, 0.15) is 4.88 Å². The minimum absolute atomic E-state index is 0.148. The van der Waals surface area contributed by atoms with E-state index in [9.17, 15) is 28.1 Å². The number of alkyl halides is 3. The van der Waals surface area contributed by atoms with Crippen LogP contribution >= 0.6 is 34.5 Å². The number of benzene rings is 1. The highest BCUT2D eigenvalue weighted by Gasteiger charge is 2.34. The molecule has 0 spiro atoms. The van der Waals surface area contributed by atoms with Crippen molar-refractivity contribution in [1.29, 1.82) is 0 Å². The Labute approximate surface area is 140 Å². The van der Waals surface area contributed by atoms with Crippen LogP contribution in [0.15, 0.2) is 24.3 Å². The minimum atomic E-state index is -4.73. The van der Waals surface area contributed by atoms with Crippen molar-refractivity contribution in [1.82, 2.24) is 0 Å². The number of rotatable bonds is 3. The van der Waals surface area contributed by atoms with Crippen LogP contribution in [0.4, 0.5) is 24.5 Å². The van der Waals surface area contributed by atoms with Gasteiger partial charge in [-0.25, -0.2) is 0 Å². The topological polar surface area (TPSA) is 72.2 Å². The standard InChI is InChI=1S/C12H5Cl2F3N2O3S/c13-5-1-2-7(6(3-5)12(15,16)17)18-11(20)9-4-8(19(21)22)10(14)23-9/h1-4H,(H,18,20). The fourth-order valence-corrected chi connectivity index (χ4v) is 2.93. The molecule has 0 radical (unpaired) electrons. The normalized spacial score (nSPS) is 11.3. The molecular weight excluding hydrogens is 380 g/mol. The summed E-state index contributed by atoms with van der Waals surface area (Å²) in [6.07, 6.45) is -4.73. The van der Waals surface area contributed by atoms with Crippen LogP contribution in [-0.4, -0.2) is 10.8 Å². The summed E-state index contributed by atoms with van der Waals surface area (Å²) in [4.78, 5) is 21.7. The molecule has 1 amide bonds. The molecule has 11 heteroatoms. The summed E-state index contributed by atoms with van der Waals surface area (Å²) in [5.74, 6) is -0.946. The molecule has 23 heavy (non-hydrogen) atoms. The van der Waals surface area contributed by atoms with E-state index in [2.05, 4.69) is 5.32 Å². The van der Waals surface area contributed by atoms with E-state index >= 15 is 0 Å². The molecule has 0 aliphatic carbocycles. The SMILES string of the molecule is O=C(Nc1ccc(Cl)cc1C(F)(F)F)c1cc([N+](=O)[O-])c(Cl)s1. The summed E-state index contributed by atoms with van der Waals surface area (Å²) in [5, 5.41) is 12.6. The van der Waals surface area contributed by atoms with Crippen molar-refractivity contribution in [2.45, 2.75) is 6.18 Å². The monoisotopic (exact) mass is 384 g/mol. The lowest BCUT2D eigenvalue weighted by Gasteiger charge is -2.13. The molecule has 0 unspecified atom stereocenters. The van der Waals surface area contributed by atoms with Crippen molar-refractivity contribution in [3.8, 4) is 0 Å². The Morgan fingerprint density at radius 3 is 2.43 bits per heavy atom. The van der Waals surface area contributed by atoms with E-state index in [4.69, 9.17) is 23.2 Å². The highest BCUT2D eigenvalue weighted by Crippen LogP contribution is 2.38. The van der Waals surface area contributed by atoms with Gasteiger partial charge in [-0.05, 0) is 18.2 Å². The van der Waals surface area contributed by atoms with Crippen LogP contribution in [0.1, 0.15) is 15.2 Å². The summed E-state index contributed by atoms with van der Waals surface area (Å²) in [5.41, 5.74) is -2.14. The molecule has 0 fully saturated rings. The van der Waals surface area contributed by atoms with E-state index in [1.165, 1.54) is 6.07 Å². The van der Waals surface area contributed by atoms with Crippen molar-refractivity contribution in [3.63, 3.8) is 0 Å². The largest absolute Gasteiger partial charge is 0.418 e. The number of carbonyl (C=O) groups excluding carboxylic acids is 1. The third-order valence-electron chi connectivity index (χ3n) is 2.62. The molecule has 122 valence electrons. The predicted molar refractivity (Wildman–Crippen MR) is 80.4 cm³/mol. The Morgan fingerprint density at radius 2 is 1.91 bits per heavy atom. The zero-order chi connectivity index (χ0) is 17.4. The fraction of sp³-hybridized carbons (Fsp3) is 0.0833. The first-order valence-electron chi connectivity index (χ1n) is 5.71. The highest BCUT2D eigenvalue weighted by atomic mass is 35.5. The van der Waals surface area contributed by atoms with E-state index in [1.807, 2.05) is 0 Å². The van der Waals surface area contributed by atoms with Gasteiger partial charge in [-0.1, -0.05) is 23.2 Å². The van der Waals surface area contributed by atoms with Crippen LogP contribution < -0.4 is 5.32 Å². The van der Waals surface area contributed by atoms with Gasteiger partial charge in [-0.3, -0.25) is 14.9 Å². The molecule has 0 aliphatic rings. The quantitative estimate of drug-likeness (QED) is 0.581. The van der Waals surface area contributed by atoms with Gasteiger partial charge in [-0.2, -0.15) is 13.2 Å². The highest BCUT2D eigenvalue weighted by molar-refractivity contribution is 7.18.